The van der Waals surface area contributed by atoms with Crippen molar-refractivity contribution in [1.82, 2.24) is 4.98 Å². The van der Waals surface area contributed by atoms with Crippen molar-refractivity contribution in [2.24, 2.45) is 40.4 Å². The van der Waals surface area contributed by atoms with Crippen molar-refractivity contribution in [2.45, 2.75) is 97.2 Å². The lowest BCUT2D eigenvalue weighted by Gasteiger charge is -2.58. The zero-order chi connectivity index (χ0) is 26.7. The highest BCUT2D eigenvalue weighted by molar-refractivity contribution is 5.99. The topological polar surface area (TPSA) is 59.4 Å². The van der Waals surface area contributed by atoms with Crippen molar-refractivity contribution in [1.29, 1.82) is 0 Å². The van der Waals surface area contributed by atoms with Crippen LogP contribution >= 0.6 is 0 Å². The molecule has 0 saturated heterocycles. The number of carbonyl (C=O) groups excluding carboxylic acids is 1. The molecule has 1 aromatic heterocycles. The molecule has 0 amide bonds. The molecule has 4 heteroatoms. The van der Waals surface area contributed by atoms with Crippen molar-refractivity contribution in [3.8, 4) is 0 Å². The molecule has 204 valence electrons. The number of carbonyl (C=O) groups is 1. The molecule has 0 radical (unpaired) electrons. The standard InChI is InChI=1S/C34H45NO3/c1-5-7-25-27(22-8-6-17-35-20-22)19-31(38-32(25)37)21(2)28-11-12-29-26-10-9-23-18-24(36)13-15-33(23,3)30(26)14-16-34(28,29)4/h5-6,8-9,17,20-21,24,26,28-31,36H,1,7,10-16,18-19H2,2-4H3/t21-,24-,26-,28+,29-,30-,31+,33-,34+/m0/s1. The minimum absolute atomic E-state index is 0.0974. The smallest absolute Gasteiger partial charge is 0.334 e. The van der Waals surface area contributed by atoms with Crippen molar-refractivity contribution in [3.63, 3.8) is 0 Å². The molecule has 3 fully saturated rings. The summed E-state index contributed by atoms with van der Waals surface area (Å²) in [5.41, 5.74) is 4.97. The number of aliphatic hydroxyl groups excluding tert-OH is 1. The lowest BCUT2D eigenvalue weighted by Crippen LogP contribution is -2.51. The number of fused-ring (bicyclic) bond motifs is 5. The molecule has 1 aromatic rings. The van der Waals surface area contributed by atoms with Crippen LogP contribution in [0.15, 0.2) is 54.4 Å². The molecule has 6 rings (SSSR count). The van der Waals surface area contributed by atoms with Gasteiger partial charge < -0.3 is 9.84 Å². The van der Waals surface area contributed by atoms with Crippen molar-refractivity contribution in [2.75, 3.05) is 0 Å². The molecule has 4 aliphatic carbocycles. The van der Waals surface area contributed by atoms with Crippen LogP contribution in [0.4, 0.5) is 0 Å². The number of ether oxygens (including phenoxy) is 1. The van der Waals surface area contributed by atoms with Gasteiger partial charge in [0.05, 0.1) is 6.10 Å². The molecule has 38 heavy (non-hydrogen) atoms. The number of hydrogen-bond acceptors (Lipinski definition) is 4. The molecule has 1 N–H and O–H groups in total. The summed E-state index contributed by atoms with van der Waals surface area (Å²) < 4.78 is 6.21. The van der Waals surface area contributed by atoms with Gasteiger partial charge in [0.15, 0.2) is 0 Å². The van der Waals surface area contributed by atoms with E-state index in [1.807, 2.05) is 12.3 Å². The summed E-state index contributed by atoms with van der Waals surface area (Å²) in [5.74, 6) is 2.93. The van der Waals surface area contributed by atoms with Crippen LogP contribution in [0.25, 0.3) is 5.57 Å². The van der Waals surface area contributed by atoms with Crippen molar-refractivity contribution >= 4 is 11.5 Å². The normalized spacial score (nSPS) is 41.4. The molecular formula is C34H45NO3. The molecule has 2 heterocycles. The summed E-state index contributed by atoms with van der Waals surface area (Å²) in [5, 5.41) is 10.3. The Balaban J connectivity index is 1.25. The van der Waals surface area contributed by atoms with Crippen LogP contribution in [0.3, 0.4) is 0 Å². The van der Waals surface area contributed by atoms with Crippen LogP contribution in [0, 0.1) is 40.4 Å². The van der Waals surface area contributed by atoms with E-state index in [0.29, 0.717) is 23.7 Å². The third kappa shape index (κ3) is 4.05. The van der Waals surface area contributed by atoms with E-state index >= 15 is 0 Å². The van der Waals surface area contributed by atoms with E-state index in [0.717, 1.165) is 60.1 Å². The van der Waals surface area contributed by atoms with E-state index in [2.05, 4.69) is 44.5 Å². The van der Waals surface area contributed by atoms with Gasteiger partial charge in [-0.25, -0.2) is 4.79 Å². The van der Waals surface area contributed by atoms with Crippen LogP contribution in [0.5, 0.6) is 0 Å². The Bertz CT molecular complexity index is 1150. The third-order valence-electron chi connectivity index (χ3n) is 12.0. The monoisotopic (exact) mass is 515 g/mol. The lowest BCUT2D eigenvalue weighted by atomic mass is 9.47. The maximum atomic E-state index is 13.3. The maximum Gasteiger partial charge on any atom is 0.334 e. The molecule has 0 spiro atoms. The lowest BCUT2D eigenvalue weighted by molar-refractivity contribution is -0.151. The first-order valence-corrected chi connectivity index (χ1v) is 15.1. The Kier molecular flexibility index (Phi) is 6.69. The van der Waals surface area contributed by atoms with Gasteiger partial charge in [-0.05, 0) is 115 Å². The molecular weight excluding hydrogens is 470 g/mol. The van der Waals surface area contributed by atoms with E-state index in [9.17, 15) is 9.90 Å². The zero-order valence-electron chi connectivity index (χ0n) is 23.5. The number of cyclic esters (lactones) is 1. The third-order valence-corrected chi connectivity index (χ3v) is 12.0. The predicted molar refractivity (Wildman–Crippen MR) is 151 cm³/mol. The van der Waals surface area contributed by atoms with E-state index < -0.39 is 0 Å². The molecule has 1 aliphatic heterocycles. The number of esters is 1. The van der Waals surface area contributed by atoms with Gasteiger partial charge in [-0.1, -0.05) is 44.6 Å². The summed E-state index contributed by atoms with van der Waals surface area (Å²) in [6.07, 6.45) is 18.3. The minimum Gasteiger partial charge on any atom is -0.458 e. The van der Waals surface area contributed by atoms with Crippen LogP contribution < -0.4 is 0 Å². The highest BCUT2D eigenvalue weighted by atomic mass is 16.5. The van der Waals surface area contributed by atoms with Crippen LogP contribution in [0.1, 0.15) is 90.5 Å². The Morgan fingerprint density at radius 1 is 1.18 bits per heavy atom. The zero-order valence-corrected chi connectivity index (χ0v) is 23.5. The number of aliphatic hydroxyl groups is 1. The molecule has 9 atom stereocenters. The second kappa shape index (κ2) is 9.77. The van der Waals surface area contributed by atoms with Gasteiger partial charge in [-0.15, -0.1) is 6.58 Å². The summed E-state index contributed by atoms with van der Waals surface area (Å²) in [7, 11) is 0. The number of hydrogen-bond donors (Lipinski definition) is 1. The largest absolute Gasteiger partial charge is 0.458 e. The molecule has 5 aliphatic rings. The fourth-order valence-corrected chi connectivity index (χ4v) is 9.98. The first kappa shape index (κ1) is 26.0. The number of rotatable bonds is 5. The summed E-state index contributed by atoms with van der Waals surface area (Å²) >= 11 is 0. The molecule has 0 unspecified atom stereocenters. The quantitative estimate of drug-likeness (QED) is 0.330. The van der Waals surface area contributed by atoms with Crippen molar-refractivity contribution in [3.05, 3.63) is 60.0 Å². The van der Waals surface area contributed by atoms with E-state index in [1.165, 1.54) is 32.1 Å². The number of nitrogens with zero attached hydrogens (tertiary/aromatic N) is 1. The van der Waals surface area contributed by atoms with Gasteiger partial charge in [0.25, 0.3) is 0 Å². The summed E-state index contributed by atoms with van der Waals surface area (Å²) in [4.78, 5) is 17.6. The summed E-state index contributed by atoms with van der Waals surface area (Å²) in [6, 6.07) is 4.01. The molecule has 0 bridgehead atoms. The first-order chi connectivity index (χ1) is 18.3. The second-order valence-corrected chi connectivity index (χ2v) is 13.6. The Morgan fingerprint density at radius 2 is 2.03 bits per heavy atom. The van der Waals surface area contributed by atoms with Crippen LogP contribution in [-0.2, 0) is 9.53 Å². The van der Waals surface area contributed by atoms with Gasteiger partial charge in [-0.3, -0.25) is 4.98 Å². The van der Waals surface area contributed by atoms with E-state index in [4.69, 9.17) is 4.74 Å². The fraction of sp³-hybridized carbons (Fsp3) is 0.647. The molecule has 0 aromatic carbocycles. The summed E-state index contributed by atoms with van der Waals surface area (Å²) in [6.45, 7) is 11.3. The number of allylic oxidation sites excluding steroid dienone is 2. The highest BCUT2D eigenvalue weighted by Crippen LogP contribution is 2.67. The SMILES string of the molecule is C=CCC1=C(c2cccnc2)C[C@H]([C@@H](C)[C@H]2CC[C@H]3[C@@H]4CC=C5C[C@@H](O)CC[C@]5(C)[C@H]4CC[C@]23C)OC1=O. The molecule has 4 nitrogen and oxygen atoms in total. The highest BCUT2D eigenvalue weighted by Gasteiger charge is 2.60. The predicted octanol–water partition coefficient (Wildman–Crippen LogP) is 7.30. The van der Waals surface area contributed by atoms with Gasteiger partial charge in [0, 0.05) is 24.4 Å². The second-order valence-electron chi connectivity index (χ2n) is 13.6. The number of aromatic nitrogens is 1. The van der Waals surface area contributed by atoms with Crippen LogP contribution in [-0.4, -0.2) is 28.3 Å². The average Bonchev–Trinajstić information content (AvgIpc) is 3.27. The Labute approximate surface area is 228 Å². The van der Waals surface area contributed by atoms with Gasteiger partial charge in [0.1, 0.15) is 6.10 Å². The average molecular weight is 516 g/mol. The van der Waals surface area contributed by atoms with Gasteiger partial charge in [-0.2, -0.15) is 0 Å². The Hall–Kier alpha value is -2.20. The van der Waals surface area contributed by atoms with Gasteiger partial charge in [0.2, 0.25) is 0 Å². The maximum absolute atomic E-state index is 13.3. The fourth-order valence-electron chi connectivity index (χ4n) is 9.98. The minimum atomic E-state index is -0.174. The van der Waals surface area contributed by atoms with Crippen molar-refractivity contribution < 1.29 is 14.6 Å². The first-order valence-electron chi connectivity index (χ1n) is 15.1. The van der Waals surface area contributed by atoms with Crippen LogP contribution in [0.2, 0.25) is 0 Å². The molecule has 3 saturated carbocycles. The number of pyridine rings is 1. The van der Waals surface area contributed by atoms with E-state index in [1.54, 1.807) is 17.8 Å². The van der Waals surface area contributed by atoms with Gasteiger partial charge >= 0.3 is 5.97 Å². The van der Waals surface area contributed by atoms with E-state index in [-0.39, 0.29) is 23.6 Å². The Morgan fingerprint density at radius 3 is 2.79 bits per heavy atom.